The number of rotatable bonds is 3. The first-order valence-corrected chi connectivity index (χ1v) is 6.13. The molecule has 2 aromatic rings. The van der Waals surface area contributed by atoms with Gasteiger partial charge in [0.15, 0.2) is 5.03 Å². The maximum atomic E-state index is 11.9. The van der Waals surface area contributed by atoms with Crippen LogP contribution in [0.1, 0.15) is 5.69 Å². The number of aryl methyl sites for hydroxylation is 1. The molecule has 0 aliphatic rings. The summed E-state index contributed by atoms with van der Waals surface area (Å²) in [5, 5.41) is -0.254. The SMILES string of the molecule is Cc1coc(NS(=O)(=O)c2ncccc2N)n1. The predicted molar refractivity (Wildman–Crippen MR) is 60.7 cm³/mol. The van der Waals surface area contributed by atoms with Gasteiger partial charge in [0.2, 0.25) is 0 Å². The minimum absolute atomic E-state index is 0.0586. The maximum absolute atomic E-state index is 11.9. The lowest BCUT2D eigenvalue weighted by atomic mass is 10.4. The molecule has 3 N–H and O–H groups in total. The fraction of sp³-hybridized carbons (Fsp3) is 0.111. The first-order chi connectivity index (χ1) is 7.99. The van der Waals surface area contributed by atoms with Gasteiger partial charge in [0.1, 0.15) is 6.26 Å². The molecule has 0 saturated heterocycles. The van der Waals surface area contributed by atoms with Gasteiger partial charge in [-0.1, -0.05) is 0 Å². The number of oxazole rings is 1. The minimum Gasteiger partial charge on any atom is -0.431 e. The third kappa shape index (κ3) is 2.36. The first kappa shape index (κ1) is 11.4. The molecule has 0 spiro atoms. The van der Waals surface area contributed by atoms with E-state index in [0.29, 0.717) is 5.69 Å². The number of hydrogen-bond donors (Lipinski definition) is 2. The Balaban J connectivity index is 2.35. The van der Waals surface area contributed by atoms with Crippen LogP contribution < -0.4 is 10.5 Å². The van der Waals surface area contributed by atoms with Crippen molar-refractivity contribution in [1.82, 2.24) is 9.97 Å². The van der Waals surface area contributed by atoms with Crippen LogP contribution in [-0.2, 0) is 10.0 Å². The van der Waals surface area contributed by atoms with Crippen molar-refractivity contribution in [2.75, 3.05) is 10.5 Å². The maximum Gasteiger partial charge on any atom is 0.309 e. The Bertz CT molecular complexity index is 635. The van der Waals surface area contributed by atoms with E-state index in [1.54, 1.807) is 13.0 Å². The molecular formula is C9H10N4O3S. The van der Waals surface area contributed by atoms with E-state index in [1.165, 1.54) is 18.5 Å². The van der Waals surface area contributed by atoms with E-state index in [0.717, 1.165) is 0 Å². The molecule has 0 radical (unpaired) electrons. The van der Waals surface area contributed by atoms with E-state index in [2.05, 4.69) is 14.7 Å². The van der Waals surface area contributed by atoms with Crippen LogP contribution in [0.15, 0.2) is 34.0 Å². The summed E-state index contributed by atoms with van der Waals surface area (Å²) in [6.07, 6.45) is 2.67. The Labute approximate surface area is 97.7 Å². The Morgan fingerprint density at radius 2 is 2.24 bits per heavy atom. The van der Waals surface area contributed by atoms with Gasteiger partial charge in [-0.2, -0.15) is 13.4 Å². The summed E-state index contributed by atoms with van der Waals surface area (Å²) >= 11 is 0. The molecule has 0 unspecified atom stereocenters. The van der Waals surface area contributed by atoms with Crippen LogP contribution in [0.4, 0.5) is 11.7 Å². The fourth-order valence-electron chi connectivity index (χ4n) is 1.19. The lowest BCUT2D eigenvalue weighted by molar-refractivity contribution is 0.568. The number of nitrogens with one attached hydrogen (secondary N) is 1. The van der Waals surface area contributed by atoms with E-state index < -0.39 is 10.0 Å². The van der Waals surface area contributed by atoms with Gasteiger partial charge in [-0.25, -0.2) is 9.71 Å². The van der Waals surface area contributed by atoms with Gasteiger partial charge in [0, 0.05) is 6.20 Å². The Morgan fingerprint density at radius 3 is 2.82 bits per heavy atom. The van der Waals surface area contributed by atoms with Gasteiger partial charge in [-0.15, -0.1) is 0 Å². The van der Waals surface area contributed by atoms with Crippen LogP contribution >= 0.6 is 0 Å². The molecule has 0 amide bonds. The molecule has 2 heterocycles. The second kappa shape index (κ2) is 4.06. The second-order valence-corrected chi connectivity index (χ2v) is 4.90. The summed E-state index contributed by atoms with van der Waals surface area (Å²) in [4.78, 5) is 7.53. The second-order valence-electron chi connectivity index (χ2n) is 3.30. The van der Waals surface area contributed by atoms with E-state index >= 15 is 0 Å². The molecule has 0 saturated carbocycles. The molecule has 8 heteroatoms. The van der Waals surface area contributed by atoms with Crippen molar-refractivity contribution in [3.63, 3.8) is 0 Å². The molecule has 17 heavy (non-hydrogen) atoms. The first-order valence-electron chi connectivity index (χ1n) is 4.64. The number of nitrogens with two attached hydrogens (primary N) is 1. The molecule has 7 nitrogen and oxygen atoms in total. The van der Waals surface area contributed by atoms with Crippen molar-refractivity contribution < 1.29 is 12.8 Å². The van der Waals surface area contributed by atoms with Crippen molar-refractivity contribution in [3.8, 4) is 0 Å². The molecule has 0 aliphatic carbocycles. The zero-order chi connectivity index (χ0) is 12.5. The number of anilines is 2. The molecule has 0 fully saturated rings. The average molecular weight is 254 g/mol. The topological polar surface area (TPSA) is 111 Å². The van der Waals surface area contributed by atoms with Crippen molar-refractivity contribution in [3.05, 3.63) is 30.3 Å². The summed E-state index contributed by atoms with van der Waals surface area (Å²) < 4.78 is 30.8. The van der Waals surface area contributed by atoms with Crippen LogP contribution in [0.2, 0.25) is 0 Å². The lowest BCUT2D eigenvalue weighted by Gasteiger charge is -2.05. The van der Waals surface area contributed by atoms with Gasteiger partial charge >= 0.3 is 6.01 Å². The fourth-order valence-corrected chi connectivity index (χ4v) is 2.19. The highest BCUT2D eigenvalue weighted by atomic mass is 32.2. The van der Waals surface area contributed by atoms with Crippen LogP contribution in [0.25, 0.3) is 0 Å². The van der Waals surface area contributed by atoms with Crippen LogP contribution in [-0.4, -0.2) is 18.4 Å². The summed E-state index contributed by atoms with van der Waals surface area (Å²) in [7, 11) is -3.87. The standard InChI is InChI=1S/C9H10N4O3S/c1-6-5-16-9(12-6)13-17(14,15)8-7(10)3-2-4-11-8/h2-5H,10H2,1H3,(H,12,13). The predicted octanol–water partition coefficient (Wildman–Crippen LogP) is 0.761. The average Bonchev–Trinajstić information content (AvgIpc) is 2.63. The van der Waals surface area contributed by atoms with Crippen LogP contribution in [0, 0.1) is 6.92 Å². The normalized spacial score (nSPS) is 11.4. The van der Waals surface area contributed by atoms with Gasteiger partial charge in [0.05, 0.1) is 11.4 Å². The molecule has 0 atom stereocenters. The highest BCUT2D eigenvalue weighted by Gasteiger charge is 2.20. The summed E-state index contributed by atoms with van der Waals surface area (Å²) in [5.74, 6) is 0. The van der Waals surface area contributed by atoms with Crippen LogP contribution in [0.5, 0.6) is 0 Å². The van der Waals surface area contributed by atoms with Gasteiger partial charge in [0.25, 0.3) is 10.0 Å². The largest absolute Gasteiger partial charge is 0.431 e. The third-order valence-electron chi connectivity index (χ3n) is 1.90. The molecule has 0 aliphatic heterocycles. The monoisotopic (exact) mass is 254 g/mol. The third-order valence-corrected chi connectivity index (χ3v) is 3.19. The lowest BCUT2D eigenvalue weighted by Crippen LogP contribution is -2.16. The quantitative estimate of drug-likeness (QED) is 0.836. The summed E-state index contributed by atoms with van der Waals surface area (Å²) in [6.45, 7) is 1.68. The minimum atomic E-state index is -3.87. The molecule has 0 bridgehead atoms. The molecule has 2 rings (SSSR count). The van der Waals surface area contributed by atoms with Gasteiger partial charge in [-0.3, -0.25) is 0 Å². The number of aromatic nitrogens is 2. The molecule has 2 aromatic heterocycles. The number of hydrogen-bond acceptors (Lipinski definition) is 6. The van der Waals surface area contributed by atoms with E-state index in [1.807, 2.05) is 0 Å². The highest BCUT2D eigenvalue weighted by molar-refractivity contribution is 7.92. The summed E-state index contributed by atoms with van der Waals surface area (Å²) in [5.41, 5.74) is 6.16. The molecule has 0 aromatic carbocycles. The van der Waals surface area contributed by atoms with Crippen LogP contribution in [0.3, 0.4) is 0 Å². The smallest absolute Gasteiger partial charge is 0.309 e. The Kier molecular flexibility index (Phi) is 2.72. The Morgan fingerprint density at radius 1 is 1.47 bits per heavy atom. The number of nitrogens with zero attached hydrogens (tertiary/aromatic N) is 2. The highest BCUT2D eigenvalue weighted by Crippen LogP contribution is 2.18. The zero-order valence-electron chi connectivity index (χ0n) is 8.91. The van der Waals surface area contributed by atoms with E-state index in [9.17, 15) is 8.42 Å². The van der Waals surface area contributed by atoms with Crippen molar-refractivity contribution in [2.24, 2.45) is 0 Å². The number of sulfonamides is 1. The van der Waals surface area contributed by atoms with Crippen molar-refractivity contribution >= 4 is 21.7 Å². The number of nitrogen functional groups attached to an aromatic ring is 1. The molecule has 90 valence electrons. The van der Waals surface area contributed by atoms with Crippen molar-refractivity contribution in [1.29, 1.82) is 0 Å². The van der Waals surface area contributed by atoms with Crippen molar-refractivity contribution in [2.45, 2.75) is 11.9 Å². The molecular weight excluding hydrogens is 244 g/mol. The zero-order valence-corrected chi connectivity index (χ0v) is 9.73. The Hall–Kier alpha value is -2.09. The number of pyridine rings is 1. The summed E-state index contributed by atoms with van der Waals surface area (Å²) in [6, 6.07) is 2.87. The van der Waals surface area contributed by atoms with Gasteiger partial charge < -0.3 is 10.2 Å². The van der Waals surface area contributed by atoms with E-state index in [-0.39, 0.29) is 16.7 Å². The van der Waals surface area contributed by atoms with E-state index in [4.69, 9.17) is 10.2 Å². The van der Waals surface area contributed by atoms with Gasteiger partial charge in [-0.05, 0) is 19.1 Å².